The van der Waals surface area contributed by atoms with Crippen molar-refractivity contribution in [3.63, 3.8) is 0 Å². The van der Waals surface area contributed by atoms with E-state index in [1.54, 1.807) is 0 Å². The summed E-state index contributed by atoms with van der Waals surface area (Å²) in [5.41, 5.74) is 5.57. The number of nitrogens with two attached hydrogens (primary N) is 1. The number of aromatic nitrogens is 2. The van der Waals surface area contributed by atoms with Gasteiger partial charge in [-0.1, -0.05) is 6.92 Å². The number of amides is 1. The molecule has 6 nitrogen and oxygen atoms in total. The first-order valence-electron chi connectivity index (χ1n) is 6.86. The van der Waals surface area contributed by atoms with Gasteiger partial charge in [0.05, 0.1) is 5.69 Å². The molecule has 0 aliphatic rings. The van der Waals surface area contributed by atoms with E-state index in [0.29, 0.717) is 18.8 Å². The predicted molar refractivity (Wildman–Crippen MR) is 80.3 cm³/mol. The maximum absolute atomic E-state index is 12.9. The summed E-state index contributed by atoms with van der Waals surface area (Å²) in [5.74, 6) is -0.662. The quantitative estimate of drug-likeness (QED) is 0.850. The molecule has 0 aliphatic heterocycles. The molecule has 22 heavy (non-hydrogen) atoms. The van der Waals surface area contributed by atoms with Crippen LogP contribution in [0.25, 0.3) is 5.69 Å². The second-order valence-corrected chi connectivity index (χ2v) is 5.00. The fourth-order valence-corrected chi connectivity index (χ4v) is 1.74. The van der Waals surface area contributed by atoms with Crippen LogP contribution in [0.4, 0.5) is 4.39 Å². The Balaban J connectivity index is 2.25. The molecule has 2 rings (SSSR count). The molecule has 7 heteroatoms. The van der Waals surface area contributed by atoms with Crippen molar-refractivity contribution in [3.8, 4) is 5.69 Å². The molecule has 1 aromatic carbocycles. The number of halogens is 1. The van der Waals surface area contributed by atoms with E-state index in [4.69, 9.17) is 5.73 Å². The van der Waals surface area contributed by atoms with Gasteiger partial charge < -0.3 is 11.1 Å². The highest BCUT2D eigenvalue weighted by Crippen LogP contribution is 2.06. The lowest BCUT2D eigenvalue weighted by Crippen LogP contribution is -2.33. The lowest BCUT2D eigenvalue weighted by atomic mass is 10.2. The molecule has 0 fully saturated rings. The van der Waals surface area contributed by atoms with Crippen molar-refractivity contribution in [1.82, 2.24) is 15.1 Å². The van der Waals surface area contributed by atoms with Crippen LogP contribution < -0.4 is 16.6 Å². The molecular formula is C15H17FN4O2. The van der Waals surface area contributed by atoms with Crippen molar-refractivity contribution in [2.45, 2.75) is 6.92 Å². The molecule has 116 valence electrons. The van der Waals surface area contributed by atoms with Crippen LogP contribution in [0.15, 0.2) is 41.2 Å². The number of benzene rings is 1. The van der Waals surface area contributed by atoms with E-state index in [9.17, 15) is 14.0 Å². The molecule has 1 heterocycles. The summed E-state index contributed by atoms with van der Waals surface area (Å²) in [7, 11) is 0. The molecule has 0 aliphatic carbocycles. The lowest BCUT2D eigenvalue weighted by Gasteiger charge is -2.10. The van der Waals surface area contributed by atoms with Gasteiger partial charge in [0.25, 0.3) is 11.5 Å². The predicted octanol–water partition coefficient (Wildman–Crippen LogP) is 0.696. The van der Waals surface area contributed by atoms with E-state index in [1.165, 1.54) is 36.4 Å². The third kappa shape index (κ3) is 3.76. The summed E-state index contributed by atoms with van der Waals surface area (Å²) >= 11 is 0. The number of nitrogens with one attached hydrogen (secondary N) is 1. The first kappa shape index (κ1) is 15.8. The van der Waals surface area contributed by atoms with Gasteiger partial charge in [-0.25, -0.2) is 4.39 Å². The van der Waals surface area contributed by atoms with Crippen LogP contribution in [0.2, 0.25) is 0 Å². The normalized spacial score (nSPS) is 12.0. The third-order valence-electron chi connectivity index (χ3n) is 3.12. The van der Waals surface area contributed by atoms with E-state index in [0.717, 1.165) is 4.68 Å². The molecule has 1 amide bonds. The average molecular weight is 304 g/mol. The lowest BCUT2D eigenvalue weighted by molar-refractivity contribution is 0.0941. The summed E-state index contributed by atoms with van der Waals surface area (Å²) in [6.45, 7) is 2.79. The number of carbonyl (C=O) groups excluding carboxylic acids is 1. The highest BCUT2D eigenvalue weighted by molar-refractivity contribution is 5.92. The highest BCUT2D eigenvalue weighted by atomic mass is 19.1. The number of hydrogen-bond donors (Lipinski definition) is 2. The molecule has 2 aromatic rings. The largest absolute Gasteiger partial charge is 0.350 e. The smallest absolute Gasteiger partial charge is 0.271 e. The van der Waals surface area contributed by atoms with Crippen molar-refractivity contribution in [1.29, 1.82) is 0 Å². The number of carbonyl (C=O) groups is 1. The summed E-state index contributed by atoms with van der Waals surface area (Å²) in [6.07, 6.45) is 0. The van der Waals surface area contributed by atoms with Gasteiger partial charge in [0.1, 0.15) is 11.5 Å². The fourth-order valence-electron chi connectivity index (χ4n) is 1.74. The van der Waals surface area contributed by atoms with E-state index >= 15 is 0 Å². The SMILES string of the molecule is CC(CN)CNC(=O)c1ccc(=O)n(-c2ccc(F)cc2)n1. The molecule has 0 saturated carbocycles. The topological polar surface area (TPSA) is 90.0 Å². The fraction of sp³-hybridized carbons (Fsp3) is 0.267. The van der Waals surface area contributed by atoms with Crippen LogP contribution in [0, 0.1) is 11.7 Å². The van der Waals surface area contributed by atoms with Gasteiger partial charge >= 0.3 is 0 Å². The van der Waals surface area contributed by atoms with E-state index in [1.807, 2.05) is 6.92 Å². The second-order valence-electron chi connectivity index (χ2n) is 5.00. The molecule has 1 unspecified atom stereocenters. The highest BCUT2D eigenvalue weighted by Gasteiger charge is 2.11. The standard InChI is InChI=1S/C15H17FN4O2/c1-10(8-17)9-18-15(22)13-6-7-14(21)20(19-13)12-4-2-11(16)3-5-12/h2-7,10H,8-9,17H2,1H3,(H,18,22). The van der Waals surface area contributed by atoms with Gasteiger partial charge in [-0.05, 0) is 42.8 Å². The first-order valence-corrected chi connectivity index (χ1v) is 6.86. The number of hydrogen-bond acceptors (Lipinski definition) is 4. The molecule has 0 spiro atoms. The molecule has 1 atom stereocenters. The Kier molecular flexibility index (Phi) is 5.00. The van der Waals surface area contributed by atoms with Crippen molar-refractivity contribution in [3.05, 3.63) is 58.3 Å². The van der Waals surface area contributed by atoms with Crippen LogP contribution in [0.3, 0.4) is 0 Å². The Bertz CT molecular complexity index is 712. The Labute approximate surface area is 126 Å². The van der Waals surface area contributed by atoms with Crippen molar-refractivity contribution in [2.24, 2.45) is 11.7 Å². The van der Waals surface area contributed by atoms with Crippen LogP contribution in [-0.2, 0) is 0 Å². The molecular weight excluding hydrogens is 287 g/mol. The minimum atomic E-state index is -0.415. The Hall–Kier alpha value is -2.54. The van der Waals surface area contributed by atoms with E-state index in [-0.39, 0.29) is 11.6 Å². The molecule has 0 saturated heterocycles. The van der Waals surface area contributed by atoms with Gasteiger partial charge in [0, 0.05) is 12.6 Å². The Morgan fingerprint density at radius 1 is 1.32 bits per heavy atom. The van der Waals surface area contributed by atoms with Gasteiger partial charge in [-0.2, -0.15) is 9.78 Å². The monoisotopic (exact) mass is 304 g/mol. The third-order valence-corrected chi connectivity index (χ3v) is 3.12. The summed E-state index contributed by atoms with van der Waals surface area (Å²) in [5, 5.41) is 6.71. The second kappa shape index (κ2) is 6.95. The summed E-state index contributed by atoms with van der Waals surface area (Å²) < 4.78 is 14.0. The van der Waals surface area contributed by atoms with Crippen LogP contribution >= 0.6 is 0 Å². The average Bonchev–Trinajstić information content (AvgIpc) is 2.53. The zero-order valence-electron chi connectivity index (χ0n) is 12.1. The zero-order chi connectivity index (χ0) is 16.1. The minimum Gasteiger partial charge on any atom is -0.350 e. The van der Waals surface area contributed by atoms with Gasteiger partial charge in [0.2, 0.25) is 0 Å². The molecule has 1 aromatic heterocycles. The Morgan fingerprint density at radius 3 is 2.64 bits per heavy atom. The van der Waals surface area contributed by atoms with Crippen LogP contribution in [-0.4, -0.2) is 28.8 Å². The van der Waals surface area contributed by atoms with Crippen molar-refractivity contribution >= 4 is 5.91 Å². The molecule has 0 bridgehead atoms. The summed E-state index contributed by atoms with van der Waals surface area (Å²) in [6, 6.07) is 7.88. The zero-order valence-corrected chi connectivity index (χ0v) is 12.1. The number of nitrogens with zero attached hydrogens (tertiary/aromatic N) is 2. The van der Waals surface area contributed by atoms with Crippen LogP contribution in [0.1, 0.15) is 17.4 Å². The molecule has 3 N–H and O–H groups in total. The molecule has 0 radical (unpaired) electrons. The Morgan fingerprint density at radius 2 is 2.00 bits per heavy atom. The van der Waals surface area contributed by atoms with Crippen molar-refractivity contribution < 1.29 is 9.18 Å². The van der Waals surface area contributed by atoms with Crippen molar-refractivity contribution in [2.75, 3.05) is 13.1 Å². The maximum Gasteiger partial charge on any atom is 0.271 e. The van der Waals surface area contributed by atoms with Gasteiger partial charge in [-0.15, -0.1) is 0 Å². The minimum absolute atomic E-state index is 0.105. The summed E-state index contributed by atoms with van der Waals surface area (Å²) in [4.78, 5) is 23.9. The van der Waals surface area contributed by atoms with E-state index < -0.39 is 17.3 Å². The maximum atomic E-state index is 12.9. The first-order chi connectivity index (χ1) is 10.5. The number of rotatable bonds is 5. The van der Waals surface area contributed by atoms with E-state index in [2.05, 4.69) is 10.4 Å². The van der Waals surface area contributed by atoms with Gasteiger partial charge in [0.15, 0.2) is 0 Å². The van der Waals surface area contributed by atoms with Gasteiger partial charge in [-0.3, -0.25) is 9.59 Å². The van der Waals surface area contributed by atoms with Crippen LogP contribution in [0.5, 0.6) is 0 Å².